The molecule has 1 atom stereocenters. The predicted molar refractivity (Wildman–Crippen MR) is 223 cm³/mol. The Kier molecular flexibility index (Phi) is 7.69. The molecule has 2 heteroatoms. The highest BCUT2D eigenvalue weighted by molar-refractivity contribution is 5.89. The quantitative estimate of drug-likeness (QED) is 0.165. The van der Waals surface area contributed by atoms with Gasteiger partial charge < -0.3 is 9.80 Å². The van der Waals surface area contributed by atoms with E-state index in [0.717, 1.165) is 37.1 Å². The van der Waals surface area contributed by atoms with Crippen molar-refractivity contribution in [2.24, 2.45) is 0 Å². The third-order valence-corrected chi connectivity index (χ3v) is 11.6. The van der Waals surface area contributed by atoms with Crippen LogP contribution < -0.4 is 9.80 Å². The second kappa shape index (κ2) is 13.0. The zero-order chi connectivity index (χ0) is 35.2. The summed E-state index contributed by atoms with van der Waals surface area (Å²) >= 11 is 0. The Labute approximate surface area is 312 Å². The molecule has 254 valence electrons. The monoisotopic (exact) mass is 680 g/mol. The van der Waals surface area contributed by atoms with Crippen molar-refractivity contribution in [1.82, 2.24) is 0 Å². The number of fused-ring (bicyclic) bond motifs is 5. The molecule has 2 nitrogen and oxygen atoms in total. The van der Waals surface area contributed by atoms with Gasteiger partial charge in [0, 0.05) is 39.5 Å². The molecule has 0 bridgehead atoms. The van der Waals surface area contributed by atoms with Gasteiger partial charge in [0.1, 0.15) is 0 Å². The molecule has 10 rings (SSSR count). The molecule has 2 aliphatic rings. The normalized spacial score (nSPS) is 15.7. The number of hydrogen-bond donors (Lipinski definition) is 0. The zero-order valence-corrected chi connectivity index (χ0v) is 29.7. The number of nitrogens with zero attached hydrogens (tertiary/aromatic N) is 2. The summed E-state index contributed by atoms with van der Waals surface area (Å²) in [6, 6.07) is 71.3. The lowest BCUT2D eigenvalue weighted by molar-refractivity contribution is 0.507. The lowest BCUT2D eigenvalue weighted by Crippen LogP contribution is -2.22. The summed E-state index contributed by atoms with van der Waals surface area (Å²) in [4.78, 5) is 4.85. The van der Waals surface area contributed by atoms with E-state index < -0.39 is 0 Å². The van der Waals surface area contributed by atoms with Crippen LogP contribution in [0.15, 0.2) is 194 Å². The minimum Gasteiger partial charge on any atom is -0.310 e. The molecule has 0 unspecified atom stereocenters. The summed E-state index contributed by atoms with van der Waals surface area (Å²) in [5.74, 6) is 0. The standard InChI is InChI=1S/C51H40N2/c1-4-12-37(13-5-1)39-20-25-45(26-21-39)52(43-16-6-2-7-17-43)47-28-23-40-30-32-51(49(40)35-47)33-31-41-24-29-48(36-50(41)51)53(44-18-8-3-9-19-44)46-27-22-38-14-10-11-15-42(38)34-46/h1-29,34-36H,30-33H2/t51-/m1/s1. The van der Waals surface area contributed by atoms with E-state index in [2.05, 4.69) is 204 Å². The van der Waals surface area contributed by atoms with E-state index in [4.69, 9.17) is 0 Å². The highest BCUT2D eigenvalue weighted by atomic mass is 15.1. The van der Waals surface area contributed by atoms with Crippen LogP contribution in [0.25, 0.3) is 21.9 Å². The molecule has 0 aliphatic heterocycles. The highest BCUT2D eigenvalue weighted by Gasteiger charge is 2.45. The van der Waals surface area contributed by atoms with Crippen molar-refractivity contribution in [2.75, 3.05) is 9.80 Å². The molecule has 8 aromatic rings. The summed E-state index contributed by atoms with van der Waals surface area (Å²) in [6.45, 7) is 0. The van der Waals surface area contributed by atoms with E-state index in [9.17, 15) is 0 Å². The fraction of sp³-hybridized carbons (Fsp3) is 0.0980. The topological polar surface area (TPSA) is 6.48 Å². The third-order valence-electron chi connectivity index (χ3n) is 11.6. The first-order chi connectivity index (χ1) is 26.2. The molecule has 0 aromatic heterocycles. The Bertz CT molecular complexity index is 2560. The van der Waals surface area contributed by atoms with E-state index >= 15 is 0 Å². The van der Waals surface area contributed by atoms with Crippen LogP contribution in [0.1, 0.15) is 35.1 Å². The maximum absolute atomic E-state index is 2.52. The molecule has 0 saturated carbocycles. The van der Waals surface area contributed by atoms with E-state index in [-0.39, 0.29) is 5.41 Å². The summed E-state index contributed by atoms with van der Waals surface area (Å²) in [5, 5.41) is 2.51. The SMILES string of the molecule is c1ccc(-c2ccc(N(c3ccccc3)c3ccc4c(c3)[C@@]3(CC4)CCc4ccc(N(c5ccccc5)c5ccc6ccccc6c5)cc43)cc2)cc1. The molecule has 0 saturated heterocycles. The molecular formula is C51H40N2. The second-order valence-electron chi connectivity index (χ2n) is 14.6. The van der Waals surface area contributed by atoms with Crippen molar-refractivity contribution < 1.29 is 0 Å². The van der Waals surface area contributed by atoms with E-state index in [0.29, 0.717) is 0 Å². The van der Waals surface area contributed by atoms with Gasteiger partial charge in [-0.3, -0.25) is 0 Å². The first-order valence-corrected chi connectivity index (χ1v) is 18.9. The van der Waals surface area contributed by atoms with Gasteiger partial charge in [-0.1, -0.05) is 121 Å². The van der Waals surface area contributed by atoms with Crippen molar-refractivity contribution >= 4 is 44.9 Å². The zero-order valence-electron chi connectivity index (χ0n) is 29.7. The molecule has 0 radical (unpaired) electrons. The van der Waals surface area contributed by atoms with Crippen molar-refractivity contribution in [3.63, 3.8) is 0 Å². The van der Waals surface area contributed by atoms with Gasteiger partial charge in [0.2, 0.25) is 0 Å². The van der Waals surface area contributed by atoms with Crippen LogP contribution in [-0.2, 0) is 18.3 Å². The van der Waals surface area contributed by atoms with Gasteiger partial charge in [-0.2, -0.15) is 0 Å². The molecular weight excluding hydrogens is 641 g/mol. The van der Waals surface area contributed by atoms with Crippen LogP contribution in [0.3, 0.4) is 0 Å². The Balaban J connectivity index is 1.07. The first-order valence-electron chi connectivity index (χ1n) is 18.9. The Morgan fingerprint density at radius 3 is 1.32 bits per heavy atom. The lowest BCUT2D eigenvalue weighted by Gasteiger charge is -2.31. The average molecular weight is 681 g/mol. The number of anilines is 6. The molecule has 53 heavy (non-hydrogen) atoms. The lowest BCUT2D eigenvalue weighted by atomic mass is 9.76. The number of benzene rings is 8. The largest absolute Gasteiger partial charge is 0.310 e. The van der Waals surface area contributed by atoms with Gasteiger partial charge in [0.25, 0.3) is 0 Å². The number of rotatable bonds is 7. The van der Waals surface area contributed by atoms with Gasteiger partial charge in [0.15, 0.2) is 0 Å². The fourth-order valence-electron chi connectivity index (χ4n) is 9.04. The van der Waals surface area contributed by atoms with Gasteiger partial charge in [-0.05, 0) is 143 Å². The maximum atomic E-state index is 2.52. The molecule has 0 fully saturated rings. The van der Waals surface area contributed by atoms with Crippen molar-refractivity contribution in [3.05, 3.63) is 216 Å². The Hall–Kier alpha value is -6.38. The van der Waals surface area contributed by atoms with Crippen LogP contribution in [0.2, 0.25) is 0 Å². The third kappa shape index (κ3) is 5.50. The average Bonchev–Trinajstić information content (AvgIpc) is 3.79. The minimum absolute atomic E-state index is 0.0120. The second-order valence-corrected chi connectivity index (χ2v) is 14.6. The van der Waals surface area contributed by atoms with E-state index in [1.165, 1.54) is 66.9 Å². The van der Waals surface area contributed by atoms with Gasteiger partial charge in [-0.25, -0.2) is 0 Å². The molecule has 0 amide bonds. The highest BCUT2D eigenvalue weighted by Crippen LogP contribution is 2.55. The number of hydrogen-bond acceptors (Lipinski definition) is 2. The summed E-state index contributed by atoms with van der Waals surface area (Å²) in [5.41, 5.74) is 15.5. The van der Waals surface area contributed by atoms with Crippen molar-refractivity contribution in [3.8, 4) is 11.1 Å². The minimum atomic E-state index is -0.0120. The summed E-state index contributed by atoms with van der Waals surface area (Å²) < 4.78 is 0. The Morgan fingerprint density at radius 1 is 0.321 bits per heavy atom. The van der Waals surface area contributed by atoms with Crippen LogP contribution in [0, 0.1) is 0 Å². The van der Waals surface area contributed by atoms with Crippen LogP contribution in [0.5, 0.6) is 0 Å². The van der Waals surface area contributed by atoms with Gasteiger partial charge >= 0.3 is 0 Å². The number of aryl methyl sites for hydroxylation is 2. The van der Waals surface area contributed by atoms with Crippen LogP contribution >= 0.6 is 0 Å². The molecule has 0 N–H and O–H groups in total. The summed E-state index contributed by atoms with van der Waals surface area (Å²) in [6.07, 6.45) is 4.48. The first kappa shape index (κ1) is 31.4. The fourth-order valence-corrected chi connectivity index (χ4v) is 9.04. The molecule has 0 heterocycles. The molecule has 2 aliphatic carbocycles. The smallest absolute Gasteiger partial charge is 0.0468 e. The van der Waals surface area contributed by atoms with Crippen molar-refractivity contribution in [2.45, 2.75) is 31.1 Å². The predicted octanol–water partition coefficient (Wildman–Crippen LogP) is 13.6. The number of para-hydroxylation sites is 2. The van der Waals surface area contributed by atoms with Crippen LogP contribution in [-0.4, -0.2) is 0 Å². The van der Waals surface area contributed by atoms with Crippen LogP contribution in [0.4, 0.5) is 34.1 Å². The van der Waals surface area contributed by atoms with Gasteiger partial charge in [-0.15, -0.1) is 0 Å². The van der Waals surface area contributed by atoms with Crippen molar-refractivity contribution in [1.29, 1.82) is 0 Å². The van der Waals surface area contributed by atoms with Gasteiger partial charge in [0.05, 0.1) is 0 Å². The molecule has 8 aromatic carbocycles. The van der Waals surface area contributed by atoms with E-state index in [1.807, 2.05) is 0 Å². The molecule has 1 spiro atoms. The maximum Gasteiger partial charge on any atom is 0.0468 e. The van der Waals surface area contributed by atoms with E-state index in [1.54, 1.807) is 0 Å². The Morgan fingerprint density at radius 2 is 0.736 bits per heavy atom. The summed E-state index contributed by atoms with van der Waals surface area (Å²) in [7, 11) is 0.